The van der Waals surface area contributed by atoms with Gasteiger partial charge in [0.1, 0.15) is 5.82 Å². The first-order chi connectivity index (χ1) is 10.4. The minimum atomic E-state index is -1.24. The summed E-state index contributed by atoms with van der Waals surface area (Å²) in [7, 11) is 1.07. The van der Waals surface area contributed by atoms with E-state index in [0.29, 0.717) is 12.1 Å². The van der Waals surface area contributed by atoms with Gasteiger partial charge in [0.2, 0.25) is 0 Å². The van der Waals surface area contributed by atoms with Gasteiger partial charge < -0.3 is 15.8 Å². The second-order valence-corrected chi connectivity index (χ2v) is 4.10. The summed E-state index contributed by atoms with van der Waals surface area (Å²) in [6.45, 7) is 0. The molecule has 1 amide bonds. The Bertz CT molecular complexity index is 735. The minimum absolute atomic E-state index is 0.111. The van der Waals surface area contributed by atoms with Crippen LogP contribution in [0.25, 0.3) is 0 Å². The molecule has 0 spiro atoms. The molecular formula is C13H10F2N4O3. The highest BCUT2D eigenvalue weighted by atomic mass is 19.2. The van der Waals surface area contributed by atoms with Crippen LogP contribution in [0, 0.1) is 11.6 Å². The van der Waals surface area contributed by atoms with Crippen molar-refractivity contribution in [3.63, 3.8) is 0 Å². The van der Waals surface area contributed by atoms with Crippen LogP contribution in [0.2, 0.25) is 0 Å². The van der Waals surface area contributed by atoms with Gasteiger partial charge in [-0.15, -0.1) is 10.2 Å². The van der Waals surface area contributed by atoms with Gasteiger partial charge >= 0.3 is 5.97 Å². The van der Waals surface area contributed by atoms with Crippen molar-refractivity contribution in [3.8, 4) is 0 Å². The van der Waals surface area contributed by atoms with Crippen molar-refractivity contribution in [2.75, 3.05) is 18.2 Å². The highest BCUT2D eigenvalue weighted by Crippen LogP contribution is 2.21. The van der Waals surface area contributed by atoms with Crippen LogP contribution in [-0.4, -0.2) is 29.2 Å². The second-order valence-electron chi connectivity index (χ2n) is 4.10. The molecule has 1 heterocycles. The summed E-state index contributed by atoms with van der Waals surface area (Å²) in [6.07, 6.45) is 0. The molecular weight excluding hydrogens is 298 g/mol. The smallest absolute Gasteiger partial charge is 0.340 e. The molecule has 7 nitrogen and oxygen atoms in total. The number of nitrogens with two attached hydrogens (primary N) is 1. The van der Waals surface area contributed by atoms with Crippen molar-refractivity contribution in [2.24, 2.45) is 0 Å². The lowest BCUT2D eigenvalue weighted by Gasteiger charge is -2.10. The number of hydrogen-bond donors (Lipinski definition) is 2. The molecule has 0 fully saturated rings. The predicted molar refractivity (Wildman–Crippen MR) is 72.1 cm³/mol. The van der Waals surface area contributed by atoms with Crippen LogP contribution in [0.15, 0.2) is 24.3 Å². The van der Waals surface area contributed by atoms with Crippen LogP contribution >= 0.6 is 0 Å². The third-order valence-corrected chi connectivity index (χ3v) is 2.63. The van der Waals surface area contributed by atoms with Crippen LogP contribution in [0.4, 0.5) is 20.3 Å². The number of aromatic nitrogens is 2. The van der Waals surface area contributed by atoms with Crippen molar-refractivity contribution in [1.29, 1.82) is 0 Å². The van der Waals surface area contributed by atoms with E-state index in [1.54, 1.807) is 0 Å². The lowest BCUT2D eigenvalue weighted by atomic mass is 10.1. The zero-order chi connectivity index (χ0) is 16.3. The lowest BCUT2D eigenvalue weighted by molar-refractivity contribution is 0.0601. The van der Waals surface area contributed by atoms with Gasteiger partial charge in [-0.3, -0.25) is 4.79 Å². The van der Waals surface area contributed by atoms with Crippen LogP contribution < -0.4 is 11.1 Å². The molecule has 9 heteroatoms. The van der Waals surface area contributed by atoms with E-state index in [9.17, 15) is 18.4 Å². The van der Waals surface area contributed by atoms with Crippen molar-refractivity contribution < 1.29 is 23.1 Å². The van der Waals surface area contributed by atoms with E-state index in [1.165, 1.54) is 12.1 Å². The number of anilines is 2. The Kier molecular flexibility index (Phi) is 4.25. The summed E-state index contributed by atoms with van der Waals surface area (Å²) in [5.74, 6) is -4.07. The number of amides is 1. The van der Waals surface area contributed by atoms with E-state index < -0.39 is 23.5 Å². The molecule has 22 heavy (non-hydrogen) atoms. The Hall–Kier alpha value is -3.10. The maximum Gasteiger partial charge on any atom is 0.340 e. The zero-order valence-corrected chi connectivity index (χ0v) is 11.3. The molecule has 0 saturated heterocycles. The van der Waals surface area contributed by atoms with Crippen LogP contribution in [0.1, 0.15) is 20.8 Å². The van der Waals surface area contributed by atoms with E-state index in [0.717, 1.165) is 7.11 Å². The number of nitrogens with one attached hydrogen (secondary N) is 1. The highest BCUT2D eigenvalue weighted by Gasteiger charge is 2.19. The van der Waals surface area contributed by atoms with E-state index in [1.807, 2.05) is 0 Å². The predicted octanol–water partition coefficient (Wildman–Crippen LogP) is 1.38. The fraction of sp³-hybridized carbons (Fsp3) is 0.0769. The second kappa shape index (κ2) is 6.12. The number of hydrogen-bond acceptors (Lipinski definition) is 6. The summed E-state index contributed by atoms with van der Waals surface area (Å²) in [5, 5.41) is 9.27. The van der Waals surface area contributed by atoms with Gasteiger partial charge in [0.05, 0.1) is 18.4 Å². The molecule has 114 valence electrons. The van der Waals surface area contributed by atoms with Gasteiger partial charge in [-0.05, 0) is 18.2 Å². The first kappa shape index (κ1) is 15.3. The van der Waals surface area contributed by atoms with Gasteiger partial charge in [-0.1, -0.05) is 0 Å². The number of esters is 1. The number of halogens is 2. The number of methoxy groups -OCH3 is 1. The van der Waals surface area contributed by atoms with Crippen molar-refractivity contribution >= 4 is 23.4 Å². The minimum Gasteiger partial charge on any atom is -0.465 e. The zero-order valence-electron chi connectivity index (χ0n) is 11.3. The third kappa shape index (κ3) is 3.14. The standard InChI is InChI=1S/C13H10F2N4O3/c1-22-13(21)6-4-7(14)8(15)5-10(6)17-12(20)9-2-3-11(16)19-18-9/h2-5H,1H3,(H2,16,19)(H,17,20). The molecule has 1 aromatic heterocycles. The highest BCUT2D eigenvalue weighted by molar-refractivity contribution is 6.07. The molecule has 2 rings (SSSR count). The van der Waals surface area contributed by atoms with Gasteiger partial charge in [0.15, 0.2) is 17.3 Å². The quantitative estimate of drug-likeness (QED) is 0.829. The Morgan fingerprint density at radius 2 is 1.86 bits per heavy atom. The van der Waals surface area contributed by atoms with Gasteiger partial charge in [0.25, 0.3) is 5.91 Å². The molecule has 3 N–H and O–H groups in total. The van der Waals surface area contributed by atoms with Crippen molar-refractivity contribution in [3.05, 3.63) is 47.2 Å². The summed E-state index contributed by atoms with van der Waals surface area (Å²) < 4.78 is 31.0. The fourth-order valence-corrected chi connectivity index (χ4v) is 1.58. The van der Waals surface area contributed by atoms with E-state index in [4.69, 9.17) is 5.73 Å². The maximum atomic E-state index is 13.3. The first-order valence-electron chi connectivity index (χ1n) is 5.90. The number of ether oxygens (including phenoxy) is 1. The topological polar surface area (TPSA) is 107 Å². The summed E-state index contributed by atoms with van der Waals surface area (Å²) >= 11 is 0. The number of benzene rings is 1. The van der Waals surface area contributed by atoms with Gasteiger partial charge in [-0.25, -0.2) is 13.6 Å². The molecule has 0 bridgehead atoms. The number of carbonyl (C=O) groups excluding carboxylic acids is 2. The van der Waals surface area contributed by atoms with E-state index in [-0.39, 0.29) is 22.8 Å². The molecule has 0 atom stereocenters. The van der Waals surface area contributed by atoms with Crippen LogP contribution in [-0.2, 0) is 4.74 Å². The fourth-order valence-electron chi connectivity index (χ4n) is 1.58. The molecule has 0 aliphatic carbocycles. The lowest BCUT2D eigenvalue weighted by Crippen LogP contribution is -2.18. The Labute approximate surface area is 123 Å². The van der Waals surface area contributed by atoms with E-state index >= 15 is 0 Å². The molecule has 0 unspecified atom stereocenters. The van der Waals surface area contributed by atoms with Gasteiger partial charge in [-0.2, -0.15) is 0 Å². The molecule has 2 aromatic rings. The Morgan fingerprint density at radius 3 is 2.45 bits per heavy atom. The Morgan fingerprint density at radius 1 is 1.18 bits per heavy atom. The number of rotatable bonds is 3. The van der Waals surface area contributed by atoms with Crippen molar-refractivity contribution in [1.82, 2.24) is 10.2 Å². The molecule has 0 aliphatic heterocycles. The molecule has 1 aromatic carbocycles. The normalized spacial score (nSPS) is 10.1. The van der Waals surface area contributed by atoms with E-state index in [2.05, 4.69) is 20.3 Å². The SMILES string of the molecule is COC(=O)c1cc(F)c(F)cc1NC(=O)c1ccc(N)nn1. The molecule has 0 saturated carbocycles. The maximum absolute atomic E-state index is 13.3. The third-order valence-electron chi connectivity index (χ3n) is 2.63. The summed E-state index contributed by atoms with van der Waals surface area (Å²) in [4.78, 5) is 23.5. The number of nitrogen functional groups attached to an aromatic ring is 1. The monoisotopic (exact) mass is 308 g/mol. The average molecular weight is 308 g/mol. The molecule has 0 radical (unpaired) electrons. The van der Waals surface area contributed by atoms with Crippen LogP contribution in [0.3, 0.4) is 0 Å². The van der Waals surface area contributed by atoms with Crippen LogP contribution in [0.5, 0.6) is 0 Å². The van der Waals surface area contributed by atoms with Gasteiger partial charge in [0, 0.05) is 6.07 Å². The average Bonchev–Trinajstić information content (AvgIpc) is 2.50. The summed E-state index contributed by atoms with van der Waals surface area (Å²) in [6, 6.07) is 3.93. The largest absolute Gasteiger partial charge is 0.465 e. The summed E-state index contributed by atoms with van der Waals surface area (Å²) in [5.41, 5.74) is 4.63. The molecule has 0 aliphatic rings. The van der Waals surface area contributed by atoms with Crippen molar-refractivity contribution in [2.45, 2.75) is 0 Å². The number of nitrogens with zero attached hydrogens (tertiary/aromatic N) is 2. The first-order valence-corrected chi connectivity index (χ1v) is 5.90. The number of carbonyl (C=O) groups is 2. The Balaban J connectivity index is 2.35.